The second kappa shape index (κ2) is 14.8. The van der Waals surface area contributed by atoms with E-state index in [4.69, 9.17) is 10.5 Å². The van der Waals surface area contributed by atoms with Crippen LogP contribution in [0.25, 0.3) is 0 Å². The number of esters is 1. The molecule has 1 aliphatic rings. The van der Waals surface area contributed by atoms with E-state index in [2.05, 4.69) is 5.32 Å². The molecule has 2 aromatic carbocycles. The number of nitro benzene ring substituents is 1. The van der Waals surface area contributed by atoms with Gasteiger partial charge in [-0.3, -0.25) is 24.5 Å². The van der Waals surface area contributed by atoms with Gasteiger partial charge in [-0.1, -0.05) is 44.2 Å². The zero-order valence-electron chi connectivity index (χ0n) is 26.5. The van der Waals surface area contributed by atoms with Crippen LogP contribution >= 0.6 is 0 Å². The Bertz CT molecular complexity index is 1540. The molecule has 14 nitrogen and oxygen atoms in total. The Balaban J connectivity index is 1.97. The number of nitrogens with two attached hydrogens (primary N) is 1. The number of hydrogen-bond donors (Lipinski definition) is 2. The minimum Gasteiger partial charge on any atom is -0.458 e. The fraction of sp³-hybridized carbons (Fsp3) is 0.484. The van der Waals surface area contributed by atoms with E-state index in [1.165, 1.54) is 4.90 Å². The van der Waals surface area contributed by atoms with Gasteiger partial charge in [-0.05, 0) is 50.8 Å². The molecule has 0 unspecified atom stereocenters. The van der Waals surface area contributed by atoms with Crippen LogP contribution in [0, 0.1) is 16.0 Å². The summed E-state index contributed by atoms with van der Waals surface area (Å²) < 4.78 is 33.9. The van der Waals surface area contributed by atoms with Crippen molar-refractivity contribution >= 4 is 39.4 Å². The number of carbonyl (C=O) groups is 4. The molecular formula is C31H41N5O9S. The molecule has 0 aromatic heterocycles. The summed E-state index contributed by atoms with van der Waals surface area (Å²) in [5.41, 5.74) is 4.85. The van der Waals surface area contributed by atoms with Crippen LogP contribution in [0.2, 0.25) is 0 Å². The molecule has 1 aliphatic heterocycles. The molecule has 2 aromatic rings. The van der Waals surface area contributed by atoms with Crippen molar-refractivity contribution in [2.45, 2.75) is 82.5 Å². The number of ether oxygens (including phenoxy) is 1. The van der Waals surface area contributed by atoms with Gasteiger partial charge in [-0.2, -0.15) is 4.31 Å². The van der Waals surface area contributed by atoms with Crippen molar-refractivity contribution < 1.29 is 37.3 Å². The van der Waals surface area contributed by atoms with E-state index in [-0.39, 0.29) is 42.9 Å². The van der Waals surface area contributed by atoms with Gasteiger partial charge in [-0.15, -0.1) is 0 Å². The third kappa shape index (κ3) is 9.10. The Labute approximate surface area is 268 Å². The minimum absolute atomic E-state index is 0.0508. The number of amides is 3. The first-order valence-electron chi connectivity index (χ1n) is 14.8. The maximum Gasteiger partial charge on any atom is 0.329 e. The Kier molecular flexibility index (Phi) is 11.6. The van der Waals surface area contributed by atoms with Crippen LogP contribution in [-0.4, -0.2) is 83.1 Å². The van der Waals surface area contributed by atoms with E-state index in [0.29, 0.717) is 5.56 Å². The van der Waals surface area contributed by atoms with Gasteiger partial charge in [0, 0.05) is 38.1 Å². The van der Waals surface area contributed by atoms with Gasteiger partial charge < -0.3 is 20.7 Å². The summed E-state index contributed by atoms with van der Waals surface area (Å²) in [6, 6.07) is 9.70. The quantitative estimate of drug-likeness (QED) is 0.184. The van der Waals surface area contributed by atoms with E-state index in [1.807, 2.05) is 0 Å². The number of hydrogen-bond acceptors (Lipinski definition) is 9. The number of rotatable bonds is 13. The van der Waals surface area contributed by atoms with Crippen molar-refractivity contribution in [3.63, 3.8) is 0 Å². The van der Waals surface area contributed by atoms with Gasteiger partial charge in [0.15, 0.2) is 0 Å². The molecule has 0 spiro atoms. The van der Waals surface area contributed by atoms with Crippen molar-refractivity contribution in [1.82, 2.24) is 14.5 Å². The molecule has 0 saturated carbocycles. The van der Waals surface area contributed by atoms with Crippen LogP contribution in [0.5, 0.6) is 0 Å². The molecule has 250 valence electrons. The lowest BCUT2D eigenvalue weighted by atomic mass is 9.96. The molecule has 3 rings (SSSR count). The fourth-order valence-electron chi connectivity index (χ4n) is 5.18. The van der Waals surface area contributed by atoms with Gasteiger partial charge >= 0.3 is 5.97 Å². The fourth-order valence-corrected chi connectivity index (χ4v) is 6.88. The lowest BCUT2D eigenvalue weighted by Gasteiger charge is -2.44. The first-order chi connectivity index (χ1) is 21.4. The van der Waals surface area contributed by atoms with Crippen LogP contribution in [0.15, 0.2) is 59.5 Å². The van der Waals surface area contributed by atoms with Gasteiger partial charge in [0.2, 0.25) is 27.7 Å². The Hall–Kier alpha value is -4.37. The van der Waals surface area contributed by atoms with Crippen molar-refractivity contribution in [3.8, 4) is 0 Å². The van der Waals surface area contributed by atoms with Crippen molar-refractivity contribution in [2.24, 2.45) is 11.7 Å². The number of nitrogens with one attached hydrogen (secondary N) is 1. The summed E-state index contributed by atoms with van der Waals surface area (Å²) in [6.45, 7) is 8.01. The van der Waals surface area contributed by atoms with Crippen molar-refractivity contribution in [3.05, 3.63) is 70.3 Å². The molecule has 3 N–H and O–H groups in total. The monoisotopic (exact) mass is 659 g/mol. The molecule has 3 amide bonds. The highest BCUT2D eigenvalue weighted by Gasteiger charge is 2.46. The van der Waals surface area contributed by atoms with Gasteiger partial charge in [0.05, 0.1) is 9.82 Å². The van der Waals surface area contributed by atoms with E-state index < -0.39 is 68.3 Å². The zero-order chi connectivity index (χ0) is 34.4. The Morgan fingerprint density at radius 3 is 2.20 bits per heavy atom. The highest BCUT2D eigenvalue weighted by molar-refractivity contribution is 7.89. The van der Waals surface area contributed by atoms with E-state index >= 15 is 0 Å². The van der Waals surface area contributed by atoms with Crippen LogP contribution in [-0.2, 0) is 40.4 Å². The molecule has 0 aliphatic carbocycles. The number of non-ortho nitro benzene ring substituents is 1. The second-order valence-electron chi connectivity index (χ2n) is 12.4. The van der Waals surface area contributed by atoms with E-state index in [0.717, 1.165) is 28.6 Å². The smallest absolute Gasteiger partial charge is 0.329 e. The average molecular weight is 660 g/mol. The highest BCUT2D eigenvalue weighted by Crippen LogP contribution is 2.29. The Morgan fingerprint density at radius 2 is 1.67 bits per heavy atom. The third-order valence-corrected chi connectivity index (χ3v) is 9.23. The number of nitro groups is 1. The molecule has 1 heterocycles. The largest absolute Gasteiger partial charge is 0.458 e. The normalized spacial score (nSPS) is 17.3. The number of sulfonamides is 1. The topological polar surface area (TPSA) is 199 Å². The Morgan fingerprint density at radius 1 is 1.07 bits per heavy atom. The van der Waals surface area contributed by atoms with E-state index in [1.54, 1.807) is 65.0 Å². The van der Waals surface area contributed by atoms with Gasteiger partial charge in [0.1, 0.15) is 23.7 Å². The summed E-state index contributed by atoms with van der Waals surface area (Å²) in [4.78, 5) is 64.2. The van der Waals surface area contributed by atoms with Crippen LogP contribution in [0.4, 0.5) is 5.69 Å². The average Bonchev–Trinajstić information content (AvgIpc) is 2.97. The third-order valence-electron chi connectivity index (χ3n) is 7.33. The molecular weight excluding hydrogens is 618 g/mol. The number of nitrogens with zero attached hydrogens (tertiary/aromatic N) is 3. The first-order valence-corrected chi connectivity index (χ1v) is 16.3. The minimum atomic E-state index is -4.27. The second-order valence-corrected chi connectivity index (χ2v) is 14.3. The highest BCUT2D eigenvalue weighted by atomic mass is 32.2. The predicted molar refractivity (Wildman–Crippen MR) is 167 cm³/mol. The molecule has 1 saturated heterocycles. The zero-order valence-corrected chi connectivity index (χ0v) is 27.4. The van der Waals surface area contributed by atoms with Crippen LogP contribution < -0.4 is 11.1 Å². The molecule has 46 heavy (non-hydrogen) atoms. The molecule has 0 bridgehead atoms. The van der Waals surface area contributed by atoms with Gasteiger partial charge in [-0.25, -0.2) is 13.2 Å². The molecule has 1 fully saturated rings. The summed E-state index contributed by atoms with van der Waals surface area (Å²) in [5.74, 6) is -3.27. The number of piperazine rings is 1. The maximum absolute atomic E-state index is 14.2. The van der Waals surface area contributed by atoms with E-state index in [9.17, 15) is 37.7 Å². The first kappa shape index (κ1) is 36.1. The van der Waals surface area contributed by atoms with Crippen LogP contribution in [0.3, 0.4) is 0 Å². The number of primary amides is 1. The van der Waals surface area contributed by atoms with Crippen LogP contribution in [0.1, 0.15) is 53.0 Å². The van der Waals surface area contributed by atoms with Gasteiger partial charge in [0.25, 0.3) is 5.69 Å². The number of benzene rings is 2. The lowest BCUT2D eigenvalue weighted by Crippen LogP contribution is -2.65. The SMILES string of the molecule is CC(C)[C@H]1C(=O)N([C@@H](Cc2ccccc2)C(=O)N[C@@H](CCC(N)=O)C(=O)OC(C)(C)C)CCN1S(=O)(=O)c1ccc([N+](=O)[O-])cc1. The summed E-state index contributed by atoms with van der Waals surface area (Å²) in [5, 5.41) is 13.7. The molecule has 0 radical (unpaired) electrons. The lowest BCUT2D eigenvalue weighted by molar-refractivity contribution is -0.384. The summed E-state index contributed by atoms with van der Waals surface area (Å²) in [7, 11) is -4.27. The van der Waals surface area contributed by atoms with Crippen molar-refractivity contribution in [2.75, 3.05) is 13.1 Å². The number of carbonyl (C=O) groups excluding carboxylic acids is 4. The molecule has 3 atom stereocenters. The summed E-state index contributed by atoms with van der Waals surface area (Å²) in [6.07, 6.45) is -0.284. The summed E-state index contributed by atoms with van der Waals surface area (Å²) >= 11 is 0. The standard InChI is InChI=1S/C31H41N5O9S/c1-20(2)27-29(39)34(17-18-35(27)46(43,44)23-13-11-22(12-14-23)36(41)42)25(19-21-9-7-6-8-10-21)28(38)33-24(15-16-26(32)37)30(40)45-31(3,4)5/h6-14,20,24-25,27H,15-19H2,1-5H3,(H2,32,37)(H,33,38)/t24-,25-,27-/m0/s1. The molecule has 15 heteroatoms. The predicted octanol–water partition coefficient (Wildman–Crippen LogP) is 2.16. The maximum atomic E-state index is 14.2. The van der Waals surface area contributed by atoms with Crippen molar-refractivity contribution in [1.29, 1.82) is 0 Å².